The number of benzene rings is 2. The lowest BCUT2D eigenvalue weighted by Crippen LogP contribution is -2.57. The third-order valence-electron chi connectivity index (χ3n) is 12.2. The number of pyridine rings is 1. The van der Waals surface area contributed by atoms with Gasteiger partial charge in [-0.1, -0.05) is 43.2 Å². The molecular weight excluding hydrogens is 793 g/mol. The van der Waals surface area contributed by atoms with Crippen molar-refractivity contribution in [1.29, 1.82) is 0 Å². The van der Waals surface area contributed by atoms with Crippen molar-refractivity contribution in [2.24, 2.45) is 0 Å². The van der Waals surface area contributed by atoms with Crippen LogP contribution in [0.15, 0.2) is 79.1 Å². The third kappa shape index (κ3) is 8.54. The highest BCUT2D eigenvalue weighted by molar-refractivity contribution is 7.57. The minimum atomic E-state index is -4.45. The van der Waals surface area contributed by atoms with Crippen LogP contribution >= 0.6 is 18.9 Å². The van der Waals surface area contributed by atoms with E-state index in [1.165, 1.54) is 30.4 Å². The largest absolute Gasteiger partial charge is 0.462 e. The molecule has 312 valence electrons. The number of aromatic nitrogens is 1. The van der Waals surface area contributed by atoms with E-state index in [1.807, 2.05) is 12.3 Å². The maximum Gasteiger partial charge on any atom is 0.355 e. The maximum atomic E-state index is 16.6. The van der Waals surface area contributed by atoms with Crippen LogP contribution in [0.1, 0.15) is 111 Å². The van der Waals surface area contributed by atoms with Gasteiger partial charge < -0.3 is 24.4 Å². The highest BCUT2D eigenvalue weighted by atomic mass is 32.1. The van der Waals surface area contributed by atoms with Gasteiger partial charge in [-0.3, -0.25) is 28.7 Å². The first-order chi connectivity index (χ1) is 28.3. The quantitative estimate of drug-likeness (QED) is 0.107. The fraction of sp³-hybridized carbons (Fsp3) is 0.477. The summed E-state index contributed by atoms with van der Waals surface area (Å²) >= 11 is 1.20. The van der Waals surface area contributed by atoms with E-state index < -0.39 is 49.5 Å². The lowest BCUT2D eigenvalue weighted by Gasteiger charge is -2.37. The summed E-state index contributed by atoms with van der Waals surface area (Å²) in [6, 6.07) is 15.9. The minimum Gasteiger partial charge on any atom is -0.462 e. The number of halogens is 1. The van der Waals surface area contributed by atoms with Gasteiger partial charge in [0, 0.05) is 41.1 Å². The topological polar surface area (TPSA) is 147 Å². The van der Waals surface area contributed by atoms with Crippen molar-refractivity contribution in [3.63, 3.8) is 0 Å². The molecule has 0 bridgehead atoms. The zero-order valence-corrected chi connectivity index (χ0v) is 35.3. The SMILES string of the molecule is CC(C)OC(=O)[C@H](C)NP(=O)(Oc1ccccc1)[C@@H](F)c1ccc2sc(C(=O)N[C@H]3CCCC[C@H]4CC[C@@H](C(=O)N5C[C@@H](c6cccnc6)CC56CC6)N4C3=O)cc2c1. The molecular formula is C44H51FN5O7PS. The number of rotatable bonds is 12. The number of alkyl halides is 1. The van der Waals surface area contributed by atoms with E-state index in [0.29, 0.717) is 34.3 Å². The normalized spacial score (nSPS) is 24.5. The van der Waals surface area contributed by atoms with E-state index in [0.717, 1.165) is 50.5 Å². The Morgan fingerprint density at radius 3 is 2.49 bits per heavy atom. The van der Waals surface area contributed by atoms with E-state index in [2.05, 4.69) is 26.4 Å². The number of esters is 1. The summed E-state index contributed by atoms with van der Waals surface area (Å²) in [7, 11) is -4.45. The van der Waals surface area contributed by atoms with Crippen molar-refractivity contribution in [1.82, 2.24) is 25.2 Å². The summed E-state index contributed by atoms with van der Waals surface area (Å²) in [5.74, 6) is -3.16. The van der Waals surface area contributed by atoms with Crippen LogP contribution in [0.3, 0.4) is 0 Å². The molecule has 2 N–H and O–H groups in total. The molecule has 1 unspecified atom stereocenters. The van der Waals surface area contributed by atoms with Gasteiger partial charge in [-0.05, 0) is 119 Å². The molecule has 2 aromatic heterocycles. The number of fused-ring (bicyclic) bond motifs is 2. The Morgan fingerprint density at radius 2 is 1.76 bits per heavy atom. The maximum absolute atomic E-state index is 16.6. The standard InChI is InChI=1S/C44H51FN5O7PS/c1-27(2)56-43(54)28(3)48-58(55,57-34-12-5-4-6-13-34)39(45)29-15-18-37-31(22-29)23-38(59-37)40(51)47-35-14-8-7-11-33-16-17-36(50(33)41(35)52)42(53)49-26-32(24-44(49)19-20-44)30-10-9-21-46-25-30/h4-6,9-10,12-13,15,18,21-23,25,27-28,32-33,35-36,39H,7-8,11,14,16-17,19-20,24,26H2,1-3H3,(H,47,51)(H,48,55)/t28-,32-,33-,35-,36-,39+,58?/m0/s1. The molecule has 12 nitrogen and oxygen atoms in total. The van der Waals surface area contributed by atoms with Gasteiger partial charge in [0.25, 0.3) is 5.91 Å². The summed E-state index contributed by atoms with van der Waals surface area (Å²) < 4.78 is 42.6. The molecule has 3 aliphatic heterocycles. The zero-order valence-electron chi connectivity index (χ0n) is 33.6. The molecule has 59 heavy (non-hydrogen) atoms. The van der Waals surface area contributed by atoms with Crippen LogP contribution in [-0.4, -0.2) is 80.8 Å². The zero-order chi connectivity index (χ0) is 41.5. The molecule has 7 atom stereocenters. The number of carbonyl (C=O) groups excluding carboxylic acids is 4. The summed E-state index contributed by atoms with van der Waals surface area (Å²) in [4.78, 5) is 63.9. The van der Waals surface area contributed by atoms with Gasteiger partial charge in [0.2, 0.25) is 17.7 Å². The van der Waals surface area contributed by atoms with E-state index in [4.69, 9.17) is 9.26 Å². The fourth-order valence-electron chi connectivity index (χ4n) is 9.10. The van der Waals surface area contributed by atoms with Crippen LogP contribution in [0.2, 0.25) is 0 Å². The second kappa shape index (κ2) is 16.8. The van der Waals surface area contributed by atoms with Gasteiger partial charge >= 0.3 is 13.5 Å². The van der Waals surface area contributed by atoms with Crippen LogP contribution < -0.4 is 14.9 Å². The number of amides is 3. The monoisotopic (exact) mass is 843 g/mol. The Labute approximate surface area is 347 Å². The fourth-order valence-corrected chi connectivity index (χ4v) is 12.0. The van der Waals surface area contributed by atoms with Crippen LogP contribution in [0, 0.1) is 0 Å². The Kier molecular flexibility index (Phi) is 11.7. The van der Waals surface area contributed by atoms with Crippen molar-refractivity contribution in [2.75, 3.05) is 6.54 Å². The number of ether oxygens (including phenoxy) is 1. The van der Waals surface area contributed by atoms with Gasteiger partial charge in [0.05, 0.1) is 11.0 Å². The molecule has 1 spiro atoms. The van der Waals surface area contributed by atoms with Gasteiger partial charge in [-0.15, -0.1) is 11.3 Å². The molecule has 1 saturated carbocycles. The van der Waals surface area contributed by atoms with Gasteiger partial charge in [-0.25, -0.2) is 9.48 Å². The first kappa shape index (κ1) is 41.1. The summed E-state index contributed by atoms with van der Waals surface area (Å²) in [5, 5.41) is 6.14. The lowest BCUT2D eigenvalue weighted by molar-refractivity contribution is -0.149. The van der Waals surface area contributed by atoms with Gasteiger partial charge in [-0.2, -0.15) is 0 Å². The predicted octanol–water partition coefficient (Wildman–Crippen LogP) is 8.05. The molecule has 4 aliphatic rings. The van der Waals surface area contributed by atoms with Crippen molar-refractivity contribution in [3.8, 4) is 5.75 Å². The van der Waals surface area contributed by atoms with Crippen molar-refractivity contribution >= 4 is 52.6 Å². The third-order valence-corrected chi connectivity index (χ3v) is 15.4. The van der Waals surface area contributed by atoms with Gasteiger partial charge in [0.1, 0.15) is 23.9 Å². The summed E-state index contributed by atoms with van der Waals surface area (Å²) in [6.45, 7) is 5.41. The molecule has 2 aromatic carbocycles. The van der Waals surface area contributed by atoms with E-state index in [9.17, 15) is 23.7 Å². The number of likely N-dealkylation sites (tertiary alicyclic amines) is 1. The number of para-hydroxylation sites is 1. The molecule has 5 heterocycles. The number of nitrogens with zero attached hydrogens (tertiary/aromatic N) is 3. The number of carbonyl (C=O) groups is 4. The lowest BCUT2D eigenvalue weighted by atomic mass is 9.97. The smallest absolute Gasteiger partial charge is 0.355 e. The number of thiophene rings is 1. The average molecular weight is 844 g/mol. The first-order valence-corrected chi connectivity index (χ1v) is 23.2. The summed E-state index contributed by atoms with van der Waals surface area (Å²) in [5.41, 5.74) is 1.01. The Balaban J connectivity index is 0.983. The molecule has 4 fully saturated rings. The second-order valence-electron chi connectivity index (χ2n) is 16.7. The van der Waals surface area contributed by atoms with E-state index in [-0.39, 0.29) is 40.6 Å². The second-order valence-corrected chi connectivity index (χ2v) is 19.9. The van der Waals surface area contributed by atoms with Crippen LogP contribution in [-0.2, 0) is 23.7 Å². The Hall–Kier alpha value is -4.65. The average Bonchev–Trinajstić information content (AvgIpc) is 3.51. The molecule has 15 heteroatoms. The summed E-state index contributed by atoms with van der Waals surface area (Å²) in [6.07, 6.45) is 10.3. The number of hydrogen-bond donors (Lipinski definition) is 2. The highest BCUT2D eigenvalue weighted by Gasteiger charge is 2.58. The highest BCUT2D eigenvalue weighted by Crippen LogP contribution is 2.58. The molecule has 4 aromatic rings. The van der Waals surface area contributed by atoms with Crippen LogP contribution in [0.25, 0.3) is 10.1 Å². The molecule has 3 saturated heterocycles. The predicted molar refractivity (Wildman–Crippen MR) is 223 cm³/mol. The minimum absolute atomic E-state index is 0.0146. The number of nitrogens with one attached hydrogen (secondary N) is 2. The van der Waals surface area contributed by atoms with Crippen LogP contribution in [0.5, 0.6) is 5.75 Å². The molecule has 1 aliphatic carbocycles. The molecule has 0 radical (unpaired) electrons. The number of hydrogen-bond acceptors (Lipinski definition) is 9. The van der Waals surface area contributed by atoms with E-state index >= 15 is 4.39 Å². The van der Waals surface area contributed by atoms with Crippen molar-refractivity contribution < 1.29 is 37.4 Å². The Morgan fingerprint density at radius 1 is 0.983 bits per heavy atom. The molecule has 8 rings (SSSR count). The van der Waals surface area contributed by atoms with Crippen molar-refractivity contribution in [2.45, 2.75) is 126 Å². The van der Waals surface area contributed by atoms with Crippen LogP contribution in [0.4, 0.5) is 4.39 Å². The first-order valence-electron chi connectivity index (χ1n) is 20.7. The van der Waals surface area contributed by atoms with Gasteiger partial charge in [0.15, 0.2) is 0 Å². The van der Waals surface area contributed by atoms with Crippen molar-refractivity contribution in [3.05, 3.63) is 95.1 Å². The van der Waals surface area contributed by atoms with E-state index in [1.54, 1.807) is 67.4 Å². The molecule has 3 amide bonds. The Bertz CT molecular complexity index is 2260.